The standard InChI is InChI=1S/C14H25N3O2/c1-10(2)5-12(17(3)4)8-16-14(18)11-6-13(7-15)19-9-11/h6,9-10,12H,5,7-8,15H2,1-4H3,(H,16,18). The number of nitrogens with two attached hydrogens (primary N) is 1. The highest BCUT2D eigenvalue weighted by Crippen LogP contribution is 2.10. The summed E-state index contributed by atoms with van der Waals surface area (Å²) in [5, 5.41) is 2.94. The van der Waals surface area contributed by atoms with E-state index in [1.165, 1.54) is 6.26 Å². The van der Waals surface area contributed by atoms with E-state index in [0.717, 1.165) is 6.42 Å². The Hall–Kier alpha value is -1.33. The molecule has 1 unspecified atom stereocenters. The molecule has 5 heteroatoms. The van der Waals surface area contributed by atoms with Gasteiger partial charge in [0.05, 0.1) is 12.1 Å². The molecule has 0 aliphatic carbocycles. The molecule has 0 spiro atoms. The van der Waals surface area contributed by atoms with E-state index in [2.05, 4.69) is 24.1 Å². The van der Waals surface area contributed by atoms with E-state index in [0.29, 0.717) is 36.4 Å². The van der Waals surface area contributed by atoms with Gasteiger partial charge in [-0.15, -0.1) is 0 Å². The maximum Gasteiger partial charge on any atom is 0.254 e. The average molecular weight is 267 g/mol. The zero-order valence-electron chi connectivity index (χ0n) is 12.3. The lowest BCUT2D eigenvalue weighted by atomic mass is 10.0. The summed E-state index contributed by atoms with van der Waals surface area (Å²) >= 11 is 0. The van der Waals surface area contributed by atoms with Crippen LogP contribution in [0.1, 0.15) is 36.4 Å². The topological polar surface area (TPSA) is 71.5 Å². The third-order valence-electron chi connectivity index (χ3n) is 3.09. The number of furan rings is 1. The van der Waals surface area contributed by atoms with E-state index >= 15 is 0 Å². The summed E-state index contributed by atoms with van der Waals surface area (Å²) < 4.78 is 5.16. The maximum absolute atomic E-state index is 12.0. The van der Waals surface area contributed by atoms with Gasteiger partial charge in [-0.2, -0.15) is 0 Å². The molecule has 1 rings (SSSR count). The molecule has 1 aromatic rings. The molecule has 0 radical (unpaired) electrons. The predicted molar refractivity (Wildman–Crippen MR) is 75.9 cm³/mol. The van der Waals surface area contributed by atoms with Crippen LogP contribution in [0.4, 0.5) is 0 Å². The highest BCUT2D eigenvalue weighted by atomic mass is 16.3. The number of hydrogen-bond donors (Lipinski definition) is 2. The van der Waals surface area contributed by atoms with E-state index < -0.39 is 0 Å². The van der Waals surface area contributed by atoms with E-state index in [-0.39, 0.29) is 5.91 Å². The first-order valence-electron chi connectivity index (χ1n) is 6.66. The Morgan fingerprint density at radius 2 is 2.16 bits per heavy atom. The number of carbonyl (C=O) groups excluding carboxylic acids is 1. The molecule has 1 aromatic heterocycles. The van der Waals surface area contributed by atoms with Crippen molar-refractivity contribution in [1.29, 1.82) is 0 Å². The minimum atomic E-state index is -0.112. The van der Waals surface area contributed by atoms with Crippen LogP contribution in [0.5, 0.6) is 0 Å². The summed E-state index contributed by atoms with van der Waals surface area (Å²) in [4.78, 5) is 14.1. The average Bonchev–Trinajstić information content (AvgIpc) is 2.82. The van der Waals surface area contributed by atoms with E-state index in [1.54, 1.807) is 6.07 Å². The number of hydrogen-bond acceptors (Lipinski definition) is 4. The predicted octanol–water partition coefficient (Wildman–Crippen LogP) is 1.44. The number of rotatable bonds is 7. The highest BCUT2D eigenvalue weighted by molar-refractivity contribution is 5.93. The van der Waals surface area contributed by atoms with E-state index in [4.69, 9.17) is 10.2 Å². The molecular weight excluding hydrogens is 242 g/mol. The fraction of sp³-hybridized carbons (Fsp3) is 0.643. The molecule has 5 nitrogen and oxygen atoms in total. The first-order valence-corrected chi connectivity index (χ1v) is 6.66. The summed E-state index contributed by atoms with van der Waals surface area (Å²) in [5.74, 6) is 1.11. The van der Waals surface area contributed by atoms with Gasteiger partial charge < -0.3 is 20.4 Å². The third kappa shape index (κ3) is 5.04. The molecule has 19 heavy (non-hydrogen) atoms. The lowest BCUT2D eigenvalue weighted by Crippen LogP contribution is -2.40. The Bertz CT molecular complexity index is 399. The smallest absolute Gasteiger partial charge is 0.254 e. The van der Waals surface area contributed by atoms with Gasteiger partial charge >= 0.3 is 0 Å². The second-order valence-electron chi connectivity index (χ2n) is 5.46. The van der Waals surface area contributed by atoms with Crippen molar-refractivity contribution in [2.24, 2.45) is 11.7 Å². The van der Waals surface area contributed by atoms with Gasteiger partial charge in [0.15, 0.2) is 0 Å². The van der Waals surface area contributed by atoms with Crippen LogP contribution in [0.3, 0.4) is 0 Å². The van der Waals surface area contributed by atoms with Crippen LogP contribution in [0, 0.1) is 5.92 Å². The van der Waals surface area contributed by atoms with Crippen molar-refractivity contribution in [2.45, 2.75) is 32.9 Å². The minimum Gasteiger partial charge on any atom is -0.467 e. The van der Waals surface area contributed by atoms with Gasteiger partial charge in [-0.1, -0.05) is 13.8 Å². The number of likely N-dealkylation sites (N-methyl/N-ethyl adjacent to an activating group) is 1. The highest BCUT2D eigenvalue weighted by Gasteiger charge is 2.16. The van der Waals surface area contributed by atoms with Crippen molar-refractivity contribution in [2.75, 3.05) is 20.6 Å². The molecule has 0 fully saturated rings. The number of carbonyl (C=O) groups is 1. The molecular formula is C14H25N3O2. The molecule has 0 aromatic carbocycles. The fourth-order valence-corrected chi connectivity index (χ4v) is 1.94. The summed E-state index contributed by atoms with van der Waals surface area (Å²) in [6.07, 6.45) is 2.50. The quantitative estimate of drug-likeness (QED) is 0.784. The van der Waals surface area contributed by atoms with Gasteiger partial charge in [0.1, 0.15) is 12.0 Å². The molecule has 1 heterocycles. The Kier molecular flexibility index (Phi) is 6.05. The van der Waals surface area contributed by atoms with Crippen LogP contribution in [-0.4, -0.2) is 37.5 Å². The zero-order chi connectivity index (χ0) is 14.4. The minimum absolute atomic E-state index is 0.112. The van der Waals surface area contributed by atoms with Crippen molar-refractivity contribution >= 4 is 5.91 Å². The maximum atomic E-state index is 12.0. The molecule has 0 saturated heterocycles. The third-order valence-corrected chi connectivity index (χ3v) is 3.09. The van der Waals surface area contributed by atoms with Crippen molar-refractivity contribution in [3.63, 3.8) is 0 Å². The molecule has 0 bridgehead atoms. The van der Waals surface area contributed by atoms with Gasteiger partial charge in [0.2, 0.25) is 0 Å². The Balaban J connectivity index is 2.51. The normalized spacial score (nSPS) is 13.0. The first kappa shape index (κ1) is 15.7. The van der Waals surface area contributed by atoms with Crippen molar-refractivity contribution < 1.29 is 9.21 Å². The SMILES string of the molecule is CC(C)CC(CNC(=O)c1coc(CN)c1)N(C)C. The van der Waals surface area contributed by atoms with Crippen LogP contribution >= 0.6 is 0 Å². The number of nitrogens with zero attached hydrogens (tertiary/aromatic N) is 1. The summed E-state index contributed by atoms with van der Waals surface area (Å²) in [5.41, 5.74) is 5.98. The molecule has 1 amide bonds. The molecule has 0 saturated carbocycles. The monoisotopic (exact) mass is 267 g/mol. The van der Waals surface area contributed by atoms with Gasteiger partial charge in [-0.05, 0) is 32.5 Å². The molecule has 0 aliphatic heterocycles. The van der Waals surface area contributed by atoms with Crippen LogP contribution < -0.4 is 11.1 Å². The van der Waals surface area contributed by atoms with Gasteiger partial charge in [-0.3, -0.25) is 4.79 Å². The molecule has 108 valence electrons. The fourth-order valence-electron chi connectivity index (χ4n) is 1.94. The molecule has 0 aliphatic rings. The zero-order valence-corrected chi connectivity index (χ0v) is 12.3. The lowest BCUT2D eigenvalue weighted by molar-refractivity contribution is 0.0938. The van der Waals surface area contributed by atoms with Gasteiger partial charge in [-0.25, -0.2) is 0 Å². The summed E-state index contributed by atoms with van der Waals surface area (Å²) in [7, 11) is 4.06. The summed E-state index contributed by atoms with van der Waals surface area (Å²) in [6.45, 7) is 5.30. The van der Waals surface area contributed by atoms with Crippen molar-refractivity contribution in [3.05, 3.63) is 23.7 Å². The summed E-state index contributed by atoms with van der Waals surface area (Å²) in [6, 6.07) is 2.02. The Labute approximate surface area is 115 Å². The Morgan fingerprint density at radius 3 is 2.63 bits per heavy atom. The van der Waals surface area contributed by atoms with Crippen LogP contribution in [-0.2, 0) is 6.54 Å². The van der Waals surface area contributed by atoms with Crippen LogP contribution in [0.2, 0.25) is 0 Å². The van der Waals surface area contributed by atoms with Crippen molar-refractivity contribution in [3.8, 4) is 0 Å². The number of amides is 1. The second kappa shape index (κ2) is 7.31. The van der Waals surface area contributed by atoms with E-state index in [9.17, 15) is 4.79 Å². The van der Waals surface area contributed by atoms with Crippen molar-refractivity contribution in [1.82, 2.24) is 10.2 Å². The van der Waals surface area contributed by atoms with Gasteiger partial charge in [0.25, 0.3) is 5.91 Å². The van der Waals surface area contributed by atoms with Crippen LogP contribution in [0.25, 0.3) is 0 Å². The lowest BCUT2D eigenvalue weighted by Gasteiger charge is -2.26. The molecule has 3 N–H and O–H groups in total. The molecule has 1 atom stereocenters. The van der Waals surface area contributed by atoms with Crippen LogP contribution in [0.15, 0.2) is 16.7 Å². The first-order chi connectivity index (χ1) is 8.93. The Morgan fingerprint density at radius 1 is 1.47 bits per heavy atom. The van der Waals surface area contributed by atoms with Gasteiger partial charge in [0, 0.05) is 12.6 Å². The second-order valence-corrected chi connectivity index (χ2v) is 5.46. The van der Waals surface area contributed by atoms with E-state index in [1.807, 2.05) is 14.1 Å². The largest absolute Gasteiger partial charge is 0.467 e. The number of nitrogens with one attached hydrogen (secondary N) is 1.